The number of aromatic nitrogens is 1. The van der Waals surface area contributed by atoms with Gasteiger partial charge in [0, 0.05) is 35.3 Å². The molecule has 0 spiro atoms. The molecule has 0 aliphatic carbocycles. The SMILES string of the molecule is O=C(N1CCCC1c1ccc(S(=O)(=O)Cl)cc1)C(F)(F)F.O=C(N1CCCC1c1ccc(S(=O)(=O)Nc2nccs2)cc1)C(F)(F)F. The number of hydrogen-bond donors (Lipinski definition) is 1. The highest BCUT2D eigenvalue weighted by molar-refractivity contribution is 8.13. The highest BCUT2D eigenvalue weighted by Crippen LogP contribution is 2.37. The first-order valence-corrected chi connectivity index (χ1v) is 18.3. The molecule has 0 saturated carbocycles. The molecule has 2 aromatic carbocycles. The Balaban J connectivity index is 0.000000218. The molecule has 2 unspecified atom stereocenters. The van der Waals surface area contributed by atoms with Gasteiger partial charge in [-0.05, 0) is 61.1 Å². The zero-order valence-corrected chi connectivity index (χ0v) is 27.0. The van der Waals surface area contributed by atoms with E-state index in [9.17, 15) is 52.8 Å². The number of anilines is 1. The number of sulfonamides is 1. The minimum atomic E-state index is -4.93. The van der Waals surface area contributed by atoms with Crippen molar-refractivity contribution < 1.29 is 52.8 Å². The minimum Gasteiger partial charge on any atom is -0.328 e. The van der Waals surface area contributed by atoms with Gasteiger partial charge >= 0.3 is 24.2 Å². The maximum absolute atomic E-state index is 12.7. The first-order chi connectivity index (χ1) is 21.8. The number of alkyl halides is 6. The molecule has 1 N–H and O–H groups in total. The van der Waals surface area contributed by atoms with Crippen LogP contribution in [-0.4, -0.2) is 68.9 Å². The van der Waals surface area contributed by atoms with Crippen molar-refractivity contribution in [1.82, 2.24) is 14.8 Å². The van der Waals surface area contributed by atoms with Crippen molar-refractivity contribution in [2.75, 3.05) is 17.8 Å². The summed E-state index contributed by atoms with van der Waals surface area (Å²) in [5, 5.41) is 1.83. The predicted octanol–water partition coefficient (Wildman–Crippen LogP) is 6.01. The number of hydrogen-bond acceptors (Lipinski definition) is 8. The Morgan fingerprint density at radius 3 is 1.55 bits per heavy atom. The molecule has 2 saturated heterocycles. The first-order valence-electron chi connectivity index (χ1n) is 13.6. The molecule has 47 heavy (non-hydrogen) atoms. The van der Waals surface area contributed by atoms with E-state index in [-0.39, 0.29) is 28.0 Å². The Kier molecular flexibility index (Phi) is 10.8. The molecule has 5 rings (SSSR count). The van der Waals surface area contributed by atoms with Gasteiger partial charge in [0.05, 0.1) is 21.9 Å². The molecule has 2 aliphatic rings. The zero-order chi connectivity index (χ0) is 34.8. The van der Waals surface area contributed by atoms with Crippen LogP contribution in [-0.2, 0) is 28.7 Å². The van der Waals surface area contributed by atoms with Gasteiger partial charge in [-0.3, -0.25) is 14.3 Å². The van der Waals surface area contributed by atoms with Gasteiger partial charge in [0.15, 0.2) is 5.13 Å². The summed E-state index contributed by atoms with van der Waals surface area (Å²) in [5.74, 6) is -3.75. The highest BCUT2D eigenvalue weighted by Gasteiger charge is 2.47. The number of halogens is 7. The van der Waals surface area contributed by atoms with E-state index in [1.165, 1.54) is 54.7 Å². The summed E-state index contributed by atoms with van der Waals surface area (Å²) in [7, 11) is -2.56. The third-order valence-electron chi connectivity index (χ3n) is 7.29. The van der Waals surface area contributed by atoms with E-state index >= 15 is 0 Å². The van der Waals surface area contributed by atoms with E-state index in [1.807, 2.05) is 0 Å². The second kappa shape index (κ2) is 14.0. The van der Waals surface area contributed by atoms with Crippen LogP contribution in [0, 0.1) is 0 Å². The Bertz CT molecular complexity index is 1790. The monoisotopic (exact) mass is 746 g/mol. The number of carbonyl (C=O) groups excluding carboxylic acids is 2. The van der Waals surface area contributed by atoms with Gasteiger partial charge in [-0.1, -0.05) is 24.3 Å². The largest absolute Gasteiger partial charge is 0.471 e. The molecular formula is C27H25ClF6N4O6S3. The summed E-state index contributed by atoms with van der Waals surface area (Å²) in [6, 6.07) is 9.24. The Hall–Kier alpha value is -3.42. The maximum atomic E-state index is 12.7. The Morgan fingerprint density at radius 2 is 1.19 bits per heavy atom. The van der Waals surface area contributed by atoms with E-state index in [0.717, 1.165) is 21.1 Å². The lowest BCUT2D eigenvalue weighted by Crippen LogP contribution is -2.40. The lowest BCUT2D eigenvalue weighted by molar-refractivity contribution is -0.186. The van der Waals surface area contributed by atoms with Crippen LogP contribution in [0.25, 0.3) is 0 Å². The second-order valence-electron chi connectivity index (χ2n) is 10.3. The average Bonchev–Trinajstić information content (AvgIpc) is 3.78. The van der Waals surface area contributed by atoms with E-state index < -0.39 is 55.3 Å². The Labute approximate surface area is 273 Å². The normalized spacial score (nSPS) is 18.9. The Morgan fingerprint density at radius 1 is 0.766 bits per heavy atom. The fourth-order valence-corrected chi connectivity index (χ4v) is 7.77. The molecule has 3 aromatic rings. The number of likely N-dealkylation sites (tertiary alicyclic amines) is 2. The molecule has 20 heteroatoms. The summed E-state index contributed by atoms with van der Waals surface area (Å²) < 4.78 is 125. The molecule has 2 aliphatic heterocycles. The van der Waals surface area contributed by atoms with Crippen LogP contribution in [0.15, 0.2) is 69.9 Å². The molecule has 2 fully saturated rings. The number of amides is 2. The van der Waals surface area contributed by atoms with Crippen molar-refractivity contribution in [2.24, 2.45) is 0 Å². The average molecular weight is 747 g/mol. The third kappa shape index (κ3) is 8.94. The van der Waals surface area contributed by atoms with Crippen molar-refractivity contribution in [3.05, 3.63) is 71.2 Å². The molecular weight excluding hydrogens is 722 g/mol. The van der Waals surface area contributed by atoms with E-state index in [2.05, 4.69) is 9.71 Å². The molecule has 2 amide bonds. The fraction of sp³-hybridized carbons (Fsp3) is 0.370. The van der Waals surface area contributed by atoms with Crippen LogP contribution < -0.4 is 4.72 Å². The summed E-state index contributed by atoms with van der Waals surface area (Å²) in [6.07, 6.45) is -6.68. The van der Waals surface area contributed by atoms with Crippen LogP contribution >= 0.6 is 22.0 Å². The van der Waals surface area contributed by atoms with Crippen LogP contribution in [0.2, 0.25) is 0 Å². The lowest BCUT2D eigenvalue weighted by atomic mass is 10.0. The maximum Gasteiger partial charge on any atom is 0.471 e. The van der Waals surface area contributed by atoms with Crippen molar-refractivity contribution in [1.29, 1.82) is 0 Å². The fourth-order valence-electron chi connectivity index (χ4n) is 5.21. The van der Waals surface area contributed by atoms with Crippen molar-refractivity contribution in [3.8, 4) is 0 Å². The van der Waals surface area contributed by atoms with E-state index in [1.54, 1.807) is 5.38 Å². The quantitative estimate of drug-likeness (QED) is 0.241. The summed E-state index contributed by atoms with van der Waals surface area (Å²) >= 11 is 1.12. The number of thiazole rings is 1. The standard InChI is InChI=1S/C15H14F3N3O3S2.C12H11ClF3NO3S/c16-15(17,18)13(22)21-8-1-2-12(21)10-3-5-11(6-4-10)26(23,24)20-14-19-7-9-25-14;13-21(19,20)9-5-3-8(4-6-9)10-2-1-7-17(10)11(18)12(14,15)16/h3-7,9,12H,1-2,8H2,(H,19,20);3-6,10H,1-2,7H2. The summed E-state index contributed by atoms with van der Waals surface area (Å²) in [6.45, 7) is 0.0488. The molecule has 2 atom stereocenters. The van der Waals surface area contributed by atoms with Crippen molar-refractivity contribution in [2.45, 2.75) is 59.9 Å². The molecule has 256 valence electrons. The van der Waals surface area contributed by atoms with Crippen LogP contribution in [0.3, 0.4) is 0 Å². The van der Waals surface area contributed by atoms with E-state index in [4.69, 9.17) is 10.7 Å². The minimum absolute atomic E-state index is 0.0225. The highest BCUT2D eigenvalue weighted by atomic mass is 35.7. The van der Waals surface area contributed by atoms with Gasteiger partial charge in [0.2, 0.25) is 0 Å². The molecule has 0 radical (unpaired) electrons. The van der Waals surface area contributed by atoms with Gasteiger partial charge in [0.25, 0.3) is 19.1 Å². The van der Waals surface area contributed by atoms with Gasteiger partial charge in [-0.25, -0.2) is 21.8 Å². The predicted molar refractivity (Wildman–Crippen MR) is 158 cm³/mol. The van der Waals surface area contributed by atoms with Gasteiger partial charge in [-0.15, -0.1) is 11.3 Å². The van der Waals surface area contributed by atoms with Crippen LogP contribution in [0.4, 0.5) is 31.5 Å². The molecule has 3 heterocycles. The van der Waals surface area contributed by atoms with Crippen LogP contribution in [0.5, 0.6) is 0 Å². The van der Waals surface area contributed by atoms with Crippen molar-refractivity contribution in [3.63, 3.8) is 0 Å². The van der Waals surface area contributed by atoms with Gasteiger partial charge < -0.3 is 9.80 Å². The lowest BCUT2D eigenvalue weighted by Gasteiger charge is -2.26. The first kappa shape index (κ1) is 36.4. The number of nitrogens with zero attached hydrogens (tertiary/aromatic N) is 3. The second-order valence-corrected chi connectivity index (χ2v) is 15.5. The topological polar surface area (TPSA) is 134 Å². The molecule has 10 nitrogen and oxygen atoms in total. The number of nitrogens with one attached hydrogen (secondary N) is 1. The molecule has 0 bridgehead atoms. The van der Waals surface area contributed by atoms with E-state index in [0.29, 0.717) is 36.8 Å². The summed E-state index contributed by atoms with van der Waals surface area (Å²) in [5.41, 5.74) is 0.919. The van der Waals surface area contributed by atoms with Gasteiger partial charge in [-0.2, -0.15) is 26.3 Å². The third-order valence-corrected chi connectivity index (χ3v) is 10.8. The van der Waals surface area contributed by atoms with Crippen molar-refractivity contribution >= 4 is 58.0 Å². The van der Waals surface area contributed by atoms with Crippen LogP contribution in [0.1, 0.15) is 48.9 Å². The zero-order valence-electron chi connectivity index (χ0n) is 23.8. The number of rotatable bonds is 6. The number of carbonyl (C=O) groups is 2. The van der Waals surface area contributed by atoms with Gasteiger partial charge in [0.1, 0.15) is 0 Å². The number of benzene rings is 2. The smallest absolute Gasteiger partial charge is 0.328 e. The summed E-state index contributed by atoms with van der Waals surface area (Å²) in [4.78, 5) is 28.1. The molecule has 1 aromatic heterocycles.